The molecule has 5 heteroatoms. The van der Waals surface area contributed by atoms with Crippen LogP contribution in [-0.2, 0) is 12.1 Å². The van der Waals surface area contributed by atoms with Gasteiger partial charge in [0.25, 0.3) is 0 Å². The first-order chi connectivity index (χ1) is 17.1. The Hall–Kier alpha value is -3.41. The highest BCUT2D eigenvalue weighted by molar-refractivity contribution is 5.41. The van der Waals surface area contributed by atoms with Gasteiger partial charge in [0.05, 0.1) is 19.3 Å². The Morgan fingerprint density at radius 3 is 2.03 bits per heavy atom. The number of ether oxygens (including phenoxy) is 1. The van der Waals surface area contributed by atoms with Gasteiger partial charge in [-0.15, -0.1) is 0 Å². The van der Waals surface area contributed by atoms with Gasteiger partial charge in [0.15, 0.2) is 17.5 Å². The molecule has 3 saturated heterocycles. The molecule has 0 radical (unpaired) electrons. The quantitative estimate of drug-likeness (QED) is 0.382. The average molecular weight is 468 g/mol. The summed E-state index contributed by atoms with van der Waals surface area (Å²) in [5, 5.41) is 12.0. The normalized spacial score (nSPS) is 23.8. The van der Waals surface area contributed by atoms with Gasteiger partial charge < -0.3 is 18.7 Å². The zero-order valence-electron chi connectivity index (χ0n) is 19.8. The number of aliphatic hydroxyl groups is 1. The third-order valence-corrected chi connectivity index (χ3v) is 7.81. The van der Waals surface area contributed by atoms with Crippen LogP contribution in [0, 0.1) is 5.92 Å². The monoisotopic (exact) mass is 467 g/mol. The molecule has 1 atom stereocenters. The van der Waals surface area contributed by atoms with Gasteiger partial charge in [0, 0.05) is 18.8 Å². The zero-order valence-corrected chi connectivity index (χ0v) is 19.8. The molecule has 35 heavy (non-hydrogen) atoms. The first-order valence-corrected chi connectivity index (χ1v) is 12.5. The lowest BCUT2D eigenvalue weighted by molar-refractivity contribution is -0.958. The lowest BCUT2D eigenvalue weighted by atomic mass is 9.83. The Bertz CT molecular complexity index is 1210. The van der Waals surface area contributed by atoms with Crippen molar-refractivity contribution in [2.45, 2.75) is 31.1 Å². The molecule has 7 rings (SSSR count). The van der Waals surface area contributed by atoms with Gasteiger partial charge in [-0.05, 0) is 23.3 Å². The van der Waals surface area contributed by atoms with Crippen LogP contribution in [-0.4, -0.2) is 40.3 Å². The van der Waals surface area contributed by atoms with Gasteiger partial charge in [-0.2, -0.15) is 0 Å². The van der Waals surface area contributed by atoms with Gasteiger partial charge in [0.2, 0.25) is 5.89 Å². The van der Waals surface area contributed by atoms with Crippen molar-refractivity contribution >= 4 is 0 Å². The first-order valence-electron chi connectivity index (χ1n) is 12.5. The van der Waals surface area contributed by atoms with Crippen LogP contribution in [0.25, 0.3) is 0 Å². The van der Waals surface area contributed by atoms with Crippen molar-refractivity contribution in [2.75, 3.05) is 19.6 Å². The third-order valence-electron chi connectivity index (χ3n) is 7.81. The number of benzene rings is 3. The second-order valence-electron chi connectivity index (χ2n) is 10.0. The van der Waals surface area contributed by atoms with E-state index in [1.54, 1.807) is 6.20 Å². The molecule has 4 aromatic rings. The number of rotatable bonds is 7. The number of oxazole rings is 1. The van der Waals surface area contributed by atoms with E-state index in [-0.39, 0.29) is 6.10 Å². The van der Waals surface area contributed by atoms with Crippen LogP contribution in [0.3, 0.4) is 0 Å². The van der Waals surface area contributed by atoms with Crippen LogP contribution in [0.1, 0.15) is 35.6 Å². The van der Waals surface area contributed by atoms with E-state index < -0.39 is 5.60 Å². The lowest BCUT2D eigenvalue weighted by Gasteiger charge is -2.51. The molecule has 1 N–H and O–H groups in total. The van der Waals surface area contributed by atoms with Crippen LogP contribution in [0.2, 0.25) is 0 Å². The first kappa shape index (κ1) is 22.1. The number of quaternary nitrogens is 1. The summed E-state index contributed by atoms with van der Waals surface area (Å²) in [4.78, 5) is 4.61. The van der Waals surface area contributed by atoms with Crippen molar-refractivity contribution in [3.8, 4) is 5.75 Å². The Kier molecular flexibility index (Phi) is 5.67. The molecule has 1 unspecified atom stereocenters. The number of nitrogens with zero attached hydrogens (tertiary/aromatic N) is 2. The van der Waals surface area contributed by atoms with E-state index in [4.69, 9.17) is 9.15 Å². The highest BCUT2D eigenvalue weighted by atomic mass is 16.5. The highest BCUT2D eigenvalue weighted by Crippen LogP contribution is 2.39. The van der Waals surface area contributed by atoms with Gasteiger partial charge in [-0.25, -0.2) is 4.98 Å². The zero-order chi connectivity index (χ0) is 23.7. The summed E-state index contributed by atoms with van der Waals surface area (Å²) in [5.74, 6) is 2.68. The molecule has 3 aromatic carbocycles. The minimum absolute atomic E-state index is 0.216. The highest BCUT2D eigenvalue weighted by Gasteiger charge is 2.48. The molecule has 0 aliphatic carbocycles. The second kappa shape index (κ2) is 8.99. The van der Waals surface area contributed by atoms with Crippen LogP contribution >= 0.6 is 0 Å². The summed E-state index contributed by atoms with van der Waals surface area (Å²) in [6, 6.07) is 29.4. The number of hydrogen-bond acceptors (Lipinski definition) is 4. The van der Waals surface area contributed by atoms with Crippen molar-refractivity contribution in [2.24, 2.45) is 5.92 Å². The van der Waals surface area contributed by atoms with Crippen molar-refractivity contribution in [3.63, 3.8) is 0 Å². The van der Waals surface area contributed by atoms with Crippen LogP contribution < -0.4 is 4.74 Å². The lowest BCUT2D eigenvalue weighted by Crippen LogP contribution is -2.64. The van der Waals surface area contributed by atoms with Gasteiger partial charge in [-0.3, -0.25) is 0 Å². The number of piperidine rings is 3. The largest absolute Gasteiger partial charge is 0.484 e. The van der Waals surface area contributed by atoms with Crippen LogP contribution in [0.5, 0.6) is 5.75 Å². The molecule has 5 nitrogen and oxygen atoms in total. The Labute approximate surface area is 206 Å². The van der Waals surface area contributed by atoms with E-state index in [0.717, 1.165) is 66.1 Å². The summed E-state index contributed by atoms with van der Waals surface area (Å²) in [5.41, 5.74) is 0.0257. The molecule has 0 spiro atoms. The average Bonchev–Trinajstić information content (AvgIpc) is 3.39. The summed E-state index contributed by atoms with van der Waals surface area (Å²) < 4.78 is 13.7. The summed E-state index contributed by atoms with van der Waals surface area (Å²) in [6.07, 6.45) is 4.34. The van der Waals surface area contributed by atoms with Crippen molar-refractivity contribution in [1.82, 2.24) is 4.98 Å². The van der Waals surface area contributed by atoms with Crippen molar-refractivity contribution in [3.05, 3.63) is 120 Å². The Balaban J connectivity index is 1.27. The Morgan fingerprint density at radius 2 is 1.43 bits per heavy atom. The SMILES string of the molecule is OC(c1ccccc1)(c1ccccc1)c1ncc(C[N+]23CCC(CC2)C(Oc2ccccc2)C3)o1. The molecule has 1 aromatic heterocycles. The molecular weight excluding hydrogens is 436 g/mol. The van der Waals surface area contributed by atoms with E-state index in [0.29, 0.717) is 11.8 Å². The van der Waals surface area contributed by atoms with E-state index in [1.807, 2.05) is 91.0 Å². The molecule has 2 bridgehead atoms. The molecule has 0 saturated carbocycles. The van der Waals surface area contributed by atoms with Gasteiger partial charge in [0.1, 0.15) is 18.8 Å². The maximum absolute atomic E-state index is 12.0. The van der Waals surface area contributed by atoms with Crippen LogP contribution in [0.4, 0.5) is 0 Å². The standard InChI is InChI=1S/C30H31N2O3/c33-30(24-10-4-1-5-11-24,25-12-6-2-7-13-25)29-31-20-27(35-29)21-32-18-16-23(17-19-32)28(22-32)34-26-14-8-3-9-15-26/h1-15,20,23,28,33H,16-19,21-22H2/q+1. The second-order valence-corrected chi connectivity index (χ2v) is 10.0. The minimum atomic E-state index is -1.45. The van der Waals surface area contributed by atoms with E-state index >= 15 is 0 Å². The predicted molar refractivity (Wildman–Crippen MR) is 134 cm³/mol. The Morgan fingerprint density at radius 1 is 0.857 bits per heavy atom. The van der Waals surface area contributed by atoms with Crippen molar-refractivity contribution in [1.29, 1.82) is 0 Å². The van der Waals surface area contributed by atoms with E-state index in [1.165, 1.54) is 0 Å². The topological polar surface area (TPSA) is 55.5 Å². The molecule has 3 fully saturated rings. The van der Waals surface area contributed by atoms with E-state index in [9.17, 15) is 5.11 Å². The molecule has 3 aliphatic rings. The summed E-state index contributed by atoms with van der Waals surface area (Å²) in [7, 11) is 0. The number of fused-ring (bicyclic) bond motifs is 3. The molecule has 0 amide bonds. The molecule has 3 aliphatic heterocycles. The fraction of sp³-hybridized carbons (Fsp3) is 0.300. The summed E-state index contributed by atoms with van der Waals surface area (Å²) >= 11 is 0. The smallest absolute Gasteiger partial charge is 0.236 e. The fourth-order valence-electron chi connectivity index (χ4n) is 5.90. The fourth-order valence-corrected chi connectivity index (χ4v) is 5.90. The minimum Gasteiger partial charge on any atom is -0.484 e. The van der Waals surface area contributed by atoms with Crippen molar-refractivity contribution < 1.29 is 18.7 Å². The number of aromatic nitrogens is 1. The predicted octanol–water partition coefficient (Wildman–Crippen LogP) is 5.15. The maximum atomic E-state index is 12.0. The van der Waals surface area contributed by atoms with Gasteiger partial charge in [-0.1, -0.05) is 78.9 Å². The van der Waals surface area contributed by atoms with Crippen LogP contribution in [0.15, 0.2) is 102 Å². The van der Waals surface area contributed by atoms with E-state index in [2.05, 4.69) is 4.98 Å². The molecular formula is C30H31N2O3+. The molecule has 4 heterocycles. The van der Waals surface area contributed by atoms with Gasteiger partial charge >= 0.3 is 0 Å². The number of para-hydroxylation sites is 1. The molecule has 178 valence electrons. The number of hydrogen-bond donors (Lipinski definition) is 1. The maximum Gasteiger partial charge on any atom is 0.236 e. The third kappa shape index (κ3) is 4.15. The summed E-state index contributed by atoms with van der Waals surface area (Å²) in [6.45, 7) is 3.97.